The highest BCUT2D eigenvalue weighted by Gasteiger charge is 2.21. The summed E-state index contributed by atoms with van der Waals surface area (Å²) >= 11 is 0. The molecule has 110 valence electrons. The summed E-state index contributed by atoms with van der Waals surface area (Å²) in [6.07, 6.45) is 0. The number of piperazine rings is 1. The lowest BCUT2D eigenvalue weighted by molar-refractivity contribution is 0.0963. The van der Waals surface area contributed by atoms with E-state index in [4.69, 9.17) is 10.5 Å². The average Bonchev–Trinajstić information content (AvgIpc) is 2.47. The monoisotopic (exact) mass is 278 g/mol. The van der Waals surface area contributed by atoms with Gasteiger partial charge in [0.1, 0.15) is 5.75 Å². The summed E-state index contributed by atoms with van der Waals surface area (Å²) in [6.45, 7) is 3.71. The number of anilines is 2. The van der Waals surface area contributed by atoms with E-state index in [-0.39, 0.29) is 5.91 Å². The van der Waals surface area contributed by atoms with E-state index in [1.54, 1.807) is 20.2 Å². The van der Waals surface area contributed by atoms with Crippen LogP contribution < -0.4 is 20.7 Å². The van der Waals surface area contributed by atoms with Gasteiger partial charge in [-0.25, -0.2) is 0 Å². The van der Waals surface area contributed by atoms with Crippen LogP contribution in [0.25, 0.3) is 0 Å². The minimum Gasteiger partial charge on any atom is -0.495 e. The topological polar surface area (TPSA) is 70.8 Å². The van der Waals surface area contributed by atoms with Crippen LogP contribution in [0.2, 0.25) is 0 Å². The maximum Gasteiger partial charge on any atom is 0.253 e. The number of methoxy groups -OCH3 is 1. The van der Waals surface area contributed by atoms with E-state index in [1.165, 1.54) is 0 Å². The molecule has 1 amide bonds. The Morgan fingerprint density at radius 3 is 2.50 bits per heavy atom. The van der Waals surface area contributed by atoms with Crippen molar-refractivity contribution in [1.29, 1.82) is 0 Å². The van der Waals surface area contributed by atoms with Crippen molar-refractivity contribution < 1.29 is 9.53 Å². The van der Waals surface area contributed by atoms with Crippen LogP contribution in [0.1, 0.15) is 10.4 Å². The normalized spacial score (nSPS) is 16.1. The Hall–Kier alpha value is -1.95. The molecule has 20 heavy (non-hydrogen) atoms. The van der Waals surface area contributed by atoms with E-state index in [1.807, 2.05) is 6.07 Å². The van der Waals surface area contributed by atoms with Crippen molar-refractivity contribution in [3.63, 3.8) is 0 Å². The third-order valence-corrected chi connectivity index (χ3v) is 3.66. The van der Waals surface area contributed by atoms with Crippen LogP contribution in [0.3, 0.4) is 0 Å². The molecule has 0 aromatic heterocycles. The molecule has 0 spiro atoms. The molecule has 0 saturated carbocycles. The first-order valence-electron chi connectivity index (χ1n) is 6.70. The van der Waals surface area contributed by atoms with Gasteiger partial charge in [-0.2, -0.15) is 0 Å². The number of carbonyl (C=O) groups is 1. The highest BCUT2D eigenvalue weighted by molar-refractivity contribution is 6.01. The lowest BCUT2D eigenvalue weighted by atomic mass is 10.1. The highest BCUT2D eigenvalue weighted by atomic mass is 16.5. The number of likely N-dealkylation sites (N-methyl/N-ethyl adjacent to an activating group) is 1. The van der Waals surface area contributed by atoms with Gasteiger partial charge in [0.25, 0.3) is 5.91 Å². The number of benzene rings is 1. The second-order valence-electron chi connectivity index (χ2n) is 4.98. The second kappa shape index (κ2) is 6.00. The molecule has 0 bridgehead atoms. The van der Waals surface area contributed by atoms with E-state index in [2.05, 4.69) is 22.2 Å². The summed E-state index contributed by atoms with van der Waals surface area (Å²) in [5.74, 6) is 0.402. The first-order chi connectivity index (χ1) is 9.56. The van der Waals surface area contributed by atoms with Crippen molar-refractivity contribution in [2.75, 3.05) is 58.0 Å². The average molecular weight is 278 g/mol. The molecule has 1 aliphatic rings. The number of carbonyl (C=O) groups excluding carboxylic acids is 1. The Morgan fingerprint density at radius 1 is 1.30 bits per heavy atom. The Balaban J connectivity index is 2.39. The molecule has 1 aliphatic heterocycles. The Morgan fingerprint density at radius 2 is 1.95 bits per heavy atom. The zero-order chi connectivity index (χ0) is 14.7. The molecule has 0 atom stereocenters. The summed E-state index contributed by atoms with van der Waals surface area (Å²) in [4.78, 5) is 16.5. The molecule has 1 heterocycles. The van der Waals surface area contributed by atoms with E-state index in [9.17, 15) is 4.79 Å². The van der Waals surface area contributed by atoms with Gasteiger partial charge in [-0.3, -0.25) is 4.79 Å². The molecule has 1 aromatic rings. The number of nitrogens with two attached hydrogens (primary N) is 1. The first kappa shape index (κ1) is 14.5. The standard InChI is InChI=1S/C14H22N4O2/c1-16-14(19)10-8-13(20-3)11(15)9-12(10)18-6-4-17(2)5-7-18/h8-9H,4-7,15H2,1-3H3,(H,16,19). The number of nitrogens with one attached hydrogen (secondary N) is 1. The Bertz CT molecular complexity index is 496. The number of nitrogen functional groups attached to an aromatic ring is 1. The summed E-state index contributed by atoms with van der Waals surface area (Å²) < 4.78 is 5.21. The number of amides is 1. The van der Waals surface area contributed by atoms with Crippen molar-refractivity contribution in [2.45, 2.75) is 0 Å². The fourth-order valence-corrected chi connectivity index (χ4v) is 2.39. The predicted molar refractivity (Wildman–Crippen MR) is 80.5 cm³/mol. The van der Waals surface area contributed by atoms with Gasteiger partial charge in [-0.05, 0) is 19.2 Å². The Kier molecular flexibility index (Phi) is 4.34. The van der Waals surface area contributed by atoms with E-state index in [0.29, 0.717) is 17.0 Å². The van der Waals surface area contributed by atoms with Crippen molar-refractivity contribution in [2.24, 2.45) is 0 Å². The van der Waals surface area contributed by atoms with E-state index >= 15 is 0 Å². The van der Waals surface area contributed by atoms with Crippen LogP contribution in [-0.4, -0.2) is 58.2 Å². The third-order valence-electron chi connectivity index (χ3n) is 3.66. The number of hydrogen-bond acceptors (Lipinski definition) is 5. The molecule has 6 nitrogen and oxygen atoms in total. The van der Waals surface area contributed by atoms with Crippen LogP contribution in [0, 0.1) is 0 Å². The zero-order valence-corrected chi connectivity index (χ0v) is 12.3. The lowest BCUT2D eigenvalue weighted by Gasteiger charge is -2.35. The van der Waals surface area contributed by atoms with Gasteiger partial charge in [0.15, 0.2) is 0 Å². The van der Waals surface area contributed by atoms with E-state index < -0.39 is 0 Å². The maximum absolute atomic E-state index is 12.1. The molecule has 1 fully saturated rings. The predicted octanol–water partition coefficient (Wildman–Crippen LogP) is 0.389. The van der Waals surface area contributed by atoms with Crippen molar-refractivity contribution in [3.05, 3.63) is 17.7 Å². The molecule has 1 aromatic carbocycles. The molecule has 3 N–H and O–H groups in total. The summed E-state index contributed by atoms with van der Waals surface area (Å²) in [5, 5.41) is 2.67. The largest absolute Gasteiger partial charge is 0.495 e. The van der Waals surface area contributed by atoms with Crippen LogP contribution in [-0.2, 0) is 0 Å². The minimum absolute atomic E-state index is 0.128. The van der Waals surface area contributed by atoms with Gasteiger partial charge < -0.3 is 25.6 Å². The van der Waals surface area contributed by atoms with Crippen molar-refractivity contribution >= 4 is 17.3 Å². The van der Waals surface area contributed by atoms with Gasteiger partial charge in [0, 0.05) is 33.2 Å². The number of ether oxygens (including phenoxy) is 1. The fraction of sp³-hybridized carbons (Fsp3) is 0.500. The number of rotatable bonds is 3. The van der Waals surface area contributed by atoms with Crippen LogP contribution in [0.4, 0.5) is 11.4 Å². The smallest absolute Gasteiger partial charge is 0.253 e. The fourth-order valence-electron chi connectivity index (χ4n) is 2.39. The second-order valence-corrected chi connectivity index (χ2v) is 4.98. The highest BCUT2D eigenvalue weighted by Crippen LogP contribution is 2.32. The summed E-state index contributed by atoms with van der Waals surface area (Å²) in [7, 11) is 5.27. The molecule has 0 unspecified atom stereocenters. The minimum atomic E-state index is -0.128. The third kappa shape index (κ3) is 2.80. The molecular formula is C14H22N4O2. The molecule has 1 saturated heterocycles. The zero-order valence-electron chi connectivity index (χ0n) is 12.3. The molecule has 0 radical (unpaired) electrons. The lowest BCUT2D eigenvalue weighted by Crippen LogP contribution is -2.45. The maximum atomic E-state index is 12.1. The van der Waals surface area contributed by atoms with Crippen molar-refractivity contribution in [1.82, 2.24) is 10.2 Å². The first-order valence-corrected chi connectivity index (χ1v) is 6.70. The Labute approximate surface area is 119 Å². The molecule has 6 heteroatoms. The number of nitrogens with zero attached hydrogens (tertiary/aromatic N) is 2. The van der Waals surface area contributed by atoms with Crippen LogP contribution in [0.15, 0.2) is 12.1 Å². The van der Waals surface area contributed by atoms with Gasteiger partial charge in [-0.15, -0.1) is 0 Å². The molecule has 0 aliphatic carbocycles. The summed E-state index contributed by atoms with van der Waals surface area (Å²) in [5.41, 5.74) is 8.00. The van der Waals surface area contributed by atoms with Crippen molar-refractivity contribution in [3.8, 4) is 5.75 Å². The quantitative estimate of drug-likeness (QED) is 0.783. The van der Waals surface area contributed by atoms with Gasteiger partial charge in [-0.1, -0.05) is 0 Å². The van der Waals surface area contributed by atoms with Gasteiger partial charge in [0.2, 0.25) is 0 Å². The summed E-state index contributed by atoms with van der Waals surface area (Å²) in [6, 6.07) is 3.54. The molecule has 2 rings (SSSR count). The van der Waals surface area contributed by atoms with E-state index in [0.717, 1.165) is 31.9 Å². The molecular weight excluding hydrogens is 256 g/mol. The van der Waals surface area contributed by atoms with Gasteiger partial charge >= 0.3 is 0 Å². The van der Waals surface area contributed by atoms with Crippen LogP contribution >= 0.6 is 0 Å². The van der Waals surface area contributed by atoms with Crippen LogP contribution in [0.5, 0.6) is 5.75 Å². The SMILES string of the molecule is CNC(=O)c1cc(OC)c(N)cc1N1CCN(C)CC1. The van der Waals surface area contributed by atoms with Gasteiger partial charge in [0.05, 0.1) is 24.0 Å². The number of hydrogen-bond donors (Lipinski definition) is 2.